The molecule has 0 saturated carbocycles. The van der Waals surface area contributed by atoms with Crippen molar-refractivity contribution in [2.24, 2.45) is 5.73 Å². The lowest BCUT2D eigenvalue weighted by atomic mass is 10.4. The Kier molecular flexibility index (Phi) is 5.19. The van der Waals surface area contributed by atoms with Gasteiger partial charge >= 0.3 is 0 Å². The van der Waals surface area contributed by atoms with Gasteiger partial charge in [-0.25, -0.2) is 8.93 Å². The van der Waals surface area contributed by atoms with Gasteiger partial charge in [-0.1, -0.05) is 0 Å². The Morgan fingerprint density at radius 3 is 2.75 bits per heavy atom. The van der Waals surface area contributed by atoms with Gasteiger partial charge in [0, 0.05) is 6.54 Å². The van der Waals surface area contributed by atoms with Crippen LogP contribution in [-0.2, 0) is 11.3 Å². The second kappa shape index (κ2) is 5.17. The van der Waals surface area contributed by atoms with Crippen LogP contribution in [0.2, 0.25) is 0 Å². The summed E-state index contributed by atoms with van der Waals surface area (Å²) in [5.41, 5.74) is 5.09. The number of nitrogens with two attached hydrogens (primary N) is 1. The molecule has 0 aliphatic rings. The molecular weight excluding hydrogens is 128 g/mol. The highest BCUT2D eigenvalue weighted by molar-refractivity contribution is 7.77. The molecule has 0 saturated heterocycles. The second-order valence-electron chi connectivity index (χ2n) is 1.29. The molecule has 50 valence electrons. The SMILES string of the molecule is NCCCNS(=O)O. The molecule has 0 aliphatic heterocycles. The van der Waals surface area contributed by atoms with Crippen LogP contribution in [0.15, 0.2) is 0 Å². The maximum atomic E-state index is 9.83. The summed E-state index contributed by atoms with van der Waals surface area (Å²) in [6.07, 6.45) is 0.728. The first kappa shape index (κ1) is 8.03. The van der Waals surface area contributed by atoms with Crippen LogP contribution in [-0.4, -0.2) is 21.9 Å². The summed E-state index contributed by atoms with van der Waals surface area (Å²) in [7, 11) is 0. The quantitative estimate of drug-likeness (QED) is 0.347. The zero-order chi connectivity index (χ0) is 6.41. The number of rotatable bonds is 4. The normalized spacial score (nSPS) is 13.8. The summed E-state index contributed by atoms with van der Waals surface area (Å²) in [5, 5.41) is 0. The Balaban J connectivity index is 2.82. The van der Waals surface area contributed by atoms with Crippen LogP contribution in [0.5, 0.6) is 0 Å². The van der Waals surface area contributed by atoms with E-state index < -0.39 is 11.3 Å². The molecule has 0 amide bonds. The van der Waals surface area contributed by atoms with Crippen molar-refractivity contribution in [2.45, 2.75) is 6.42 Å². The van der Waals surface area contributed by atoms with Gasteiger partial charge in [-0.15, -0.1) is 0 Å². The minimum absolute atomic E-state index is 0.500. The lowest BCUT2D eigenvalue weighted by Gasteiger charge is -1.93. The highest BCUT2D eigenvalue weighted by Crippen LogP contribution is 1.69. The van der Waals surface area contributed by atoms with Crippen molar-refractivity contribution in [1.82, 2.24) is 4.72 Å². The van der Waals surface area contributed by atoms with E-state index in [4.69, 9.17) is 10.3 Å². The molecule has 0 aromatic rings. The third-order valence-electron chi connectivity index (χ3n) is 0.606. The van der Waals surface area contributed by atoms with Gasteiger partial charge in [-0.2, -0.15) is 0 Å². The van der Waals surface area contributed by atoms with E-state index in [9.17, 15) is 4.21 Å². The fourth-order valence-electron chi connectivity index (χ4n) is 0.262. The molecule has 4 N–H and O–H groups in total. The van der Waals surface area contributed by atoms with E-state index in [1.54, 1.807) is 0 Å². The molecule has 0 radical (unpaired) electrons. The van der Waals surface area contributed by atoms with E-state index >= 15 is 0 Å². The predicted molar refractivity (Wildman–Crippen MR) is 32.4 cm³/mol. The van der Waals surface area contributed by atoms with Crippen molar-refractivity contribution in [3.8, 4) is 0 Å². The second-order valence-corrected chi connectivity index (χ2v) is 2.07. The first-order chi connectivity index (χ1) is 3.77. The number of hydrogen-bond acceptors (Lipinski definition) is 2. The van der Waals surface area contributed by atoms with E-state index in [0.717, 1.165) is 6.42 Å². The van der Waals surface area contributed by atoms with Gasteiger partial charge in [-0.05, 0) is 13.0 Å². The summed E-state index contributed by atoms with van der Waals surface area (Å²) in [5.74, 6) is 0. The lowest BCUT2D eigenvalue weighted by Crippen LogP contribution is -2.19. The van der Waals surface area contributed by atoms with Crippen LogP contribution in [0.4, 0.5) is 0 Å². The zero-order valence-electron chi connectivity index (χ0n) is 4.46. The molecule has 1 atom stereocenters. The van der Waals surface area contributed by atoms with Gasteiger partial charge < -0.3 is 5.73 Å². The Hall–Kier alpha value is 0.0300. The minimum Gasteiger partial charge on any atom is -0.330 e. The summed E-state index contributed by atoms with van der Waals surface area (Å²) in [4.78, 5) is 0. The summed E-state index contributed by atoms with van der Waals surface area (Å²) >= 11 is -1.87. The van der Waals surface area contributed by atoms with Crippen molar-refractivity contribution >= 4 is 11.3 Å². The molecule has 0 spiro atoms. The van der Waals surface area contributed by atoms with E-state index in [1.165, 1.54) is 0 Å². The maximum Gasteiger partial charge on any atom is 0.231 e. The van der Waals surface area contributed by atoms with E-state index in [-0.39, 0.29) is 0 Å². The minimum atomic E-state index is -1.87. The largest absolute Gasteiger partial charge is 0.330 e. The van der Waals surface area contributed by atoms with Crippen LogP contribution in [0.1, 0.15) is 6.42 Å². The van der Waals surface area contributed by atoms with Crippen molar-refractivity contribution in [3.05, 3.63) is 0 Å². The molecule has 0 fully saturated rings. The topological polar surface area (TPSA) is 75.3 Å². The van der Waals surface area contributed by atoms with Crippen molar-refractivity contribution < 1.29 is 8.76 Å². The third-order valence-corrected chi connectivity index (χ3v) is 1.06. The van der Waals surface area contributed by atoms with Crippen LogP contribution in [0, 0.1) is 0 Å². The maximum absolute atomic E-state index is 9.83. The Bertz CT molecular complexity index is 77.7. The van der Waals surface area contributed by atoms with Crippen LogP contribution >= 0.6 is 0 Å². The van der Waals surface area contributed by atoms with Gasteiger partial charge in [0.15, 0.2) is 0 Å². The predicted octanol–water partition coefficient (Wildman–Crippen LogP) is -0.938. The number of nitrogens with one attached hydrogen (secondary N) is 1. The van der Waals surface area contributed by atoms with Gasteiger partial charge in [0.1, 0.15) is 0 Å². The molecule has 0 aromatic heterocycles. The molecule has 0 bridgehead atoms. The molecule has 8 heavy (non-hydrogen) atoms. The van der Waals surface area contributed by atoms with Crippen molar-refractivity contribution in [1.29, 1.82) is 0 Å². The summed E-state index contributed by atoms with van der Waals surface area (Å²) < 4.78 is 20.2. The van der Waals surface area contributed by atoms with Crippen LogP contribution < -0.4 is 10.5 Å². The summed E-state index contributed by atoms with van der Waals surface area (Å²) in [6, 6.07) is 0. The molecule has 0 aromatic carbocycles. The van der Waals surface area contributed by atoms with Gasteiger partial charge in [-0.3, -0.25) is 4.55 Å². The number of hydrogen-bond donors (Lipinski definition) is 3. The first-order valence-electron chi connectivity index (χ1n) is 2.32. The molecule has 0 aliphatic carbocycles. The highest BCUT2D eigenvalue weighted by atomic mass is 32.2. The molecule has 5 heteroatoms. The highest BCUT2D eigenvalue weighted by Gasteiger charge is 1.87. The van der Waals surface area contributed by atoms with Gasteiger partial charge in [0.05, 0.1) is 0 Å². The monoisotopic (exact) mass is 138 g/mol. The van der Waals surface area contributed by atoms with E-state index in [0.29, 0.717) is 13.1 Å². The third kappa shape index (κ3) is 6.03. The zero-order valence-corrected chi connectivity index (χ0v) is 5.28. The van der Waals surface area contributed by atoms with Crippen molar-refractivity contribution in [3.63, 3.8) is 0 Å². The standard InChI is InChI=1S/C3H10N2O2S/c4-2-1-3-5-8(6)7/h5H,1-4H2,(H,6,7). The smallest absolute Gasteiger partial charge is 0.231 e. The van der Waals surface area contributed by atoms with Crippen LogP contribution in [0.25, 0.3) is 0 Å². The molecule has 0 rings (SSSR count). The van der Waals surface area contributed by atoms with E-state index in [2.05, 4.69) is 4.72 Å². The Morgan fingerprint density at radius 2 is 2.38 bits per heavy atom. The van der Waals surface area contributed by atoms with Crippen molar-refractivity contribution in [2.75, 3.05) is 13.1 Å². The average Bonchev–Trinajstić information content (AvgIpc) is 1.66. The fraction of sp³-hybridized carbons (Fsp3) is 1.00. The molecular formula is C3H10N2O2S. The fourth-order valence-corrected chi connectivity index (χ4v) is 0.580. The summed E-state index contributed by atoms with van der Waals surface area (Å²) in [6.45, 7) is 1.05. The molecule has 1 unspecified atom stereocenters. The Labute approximate surface area is 50.9 Å². The average molecular weight is 138 g/mol. The van der Waals surface area contributed by atoms with Gasteiger partial charge in [0.25, 0.3) is 0 Å². The van der Waals surface area contributed by atoms with Crippen LogP contribution in [0.3, 0.4) is 0 Å². The van der Waals surface area contributed by atoms with Gasteiger partial charge in [0.2, 0.25) is 11.3 Å². The van der Waals surface area contributed by atoms with E-state index in [1.807, 2.05) is 0 Å². The lowest BCUT2D eigenvalue weighted by molar-refractivity contribution is 0.547. The molecule has 0 heterocycles. The first-order valence-corrected chi connectivity index (χ1v) is 3.42. The molecule has 4 nitrogen and oxygen atoms in total. The Morgan fingerprint density at radius 1 is 1.75 bits per heavy atom.